The predicted octanol–water partition coefficient (Wildman–Crippen LogP) is 4.40. The molecule has 3 aromatic heterocycles. The number of halogens is 3. The summed E-state index contributed by atoms with van der Waals surface area (Å²) in [5.74, 6) is 0. The molecule has 0 amide bonds. The zero-order chi connectivity index (χ0) is 24.1. The standard InChI is InChI=1S/C24H16F3N5O2/c25-24(26,27)18-7-6-16-20(30-14-8-11-29-19(12-14)23(34)9-10-23)17(13-28)22(33)32(21(16)31-18)15-4-2-1-3-5-15/h1-8,11-12,34H,9-10H2,(H,29,30). The third-order valence-electron chi connectivity index (χ3n) is 5.67. The highest BCUT2D eigenvalue weighted by molar-refractivity contribution is 5.95. The minimum absolute atomic E-state index is 0.0239. The van der Waals surface area contributed by atoms with Gasteiger partial charge in [-0.05, 0) is 49.2 Å². The topological polar surface area (TPSA) is 104 Å². The van der Waals surface area contributed by atoms with Crippen molar-refractivity contribution in [3.8, 4) is 11.8 Å². The second-order valence-electron chi connectivity index (χ2n) is 7.99. The van der Waals surface area contributed by atoms with E-state index in [2.05, 4.69) is 15.3 Å². The lowest BCUT2D eigenvalue weighted by molar-refractivity contribution is -0.141. The van der Waals surface area contributed by atoms with Gasteiger partial charge in [0.25, 0.3) is 5.56 Å². The fourth-order valence-electron chi connectivity index (χ4n) is 3.75. The van der Waals surface area contributed by atoms with Gasteiger partial charge >= 0.3 is 6.18 Å². The number of pyridine rings is 3. The van der Waals surface area contributed by atoms with Gasteiger partial charge in [0.1, 0.15) is 28.6 Å². The van der Waals surface area contributed by atoms with Crippen molar-refractivity contribution in [2.45, 2.75) is 24.6 Å². The maximum Gasteiger partial charge on any atom is 0.433 e. The molecule has 1 fully saturated rings. The number of alkyl halides is 3. The largest absolute Gasteiger partial charge is 0.433 e. The molecule has 0 bridgehead atoms. The number of aliphatic hydroxyl groups is 1. The maximum atomic E-state index is 13.5. The fourth-order valence-corrected chi connectivity index (χ4v) is 3.75. The van der Waals surface area contributed by atoms with Crippen LogP contribution < -0.4 is 10.9 Å². The van der Waals surface area contributed by atoms with Gasteiger partial charge < -0.3 is 10.4 Å². The van der Waals surface area contributed by atoms with Crippen molar-refractivity contribution < 1.29 is 18.3 Å². The summed E-state index contributed by atoms with van der Waals surface area (Å²) in [6.45, 7) is 0. The molecular formula is C24H16F3N5O2. The molecule has 0 unspecified atom stereocenters. The van der Waals surface area contributed by atoms with E-state index >= 15 is 0 Å². The summed E-state index contributed by atoms with van der Waals surface area (Å²) in [7, 11) is 0. The number of aromatic nitrogens is 3. The Morgan fingerprint density at radius 1 is 1.12 bits per heavy atom. The average Bonchev–Trinajstić information content (AvgIpc) is 3.58. The molecule has 0 spiro atoms. The quantitative estimate of drug-likeness (QED) is 0.465. The van der Waals surface area contributed by atoms with Crippen LogP contribution in [0.2, 0.25) is 0 Å². The number of fused-ring (bicyclic) bond motifs is 1. The van der Waals surface area contributed by atoms with E-state index in [1.807, 2.05) is 6.07 Å². The Morgan fingerprint density at radius 2 is 1.85 bits per heavy atom. The number of nitriles is 1. The normalized spacial score (nSPS) is 14.6. The predicted molar refractivity (Wildman–Crippen MR) is 118 cm³/mol. The molecule has 170 valence electrons. The second-order valence-corrected chi connectivity index (χ2v) is 7.99. The molecule has 1 saturated carbocycles. The van der Waals surface area contributed by atoms with Gasteiger partial charge in [0.15, 0.2) is 0 Å². The summed E-state index contributed by atoms with van der Waals surface area (Å²) in [6, 6.07) is 15.1. The summed E-state index contributed by atoms with van der Waals surface area (Å²) in [6.07, 6.45) is -2.14. The van der Waals surface area contributed by atoms with Crippen LogP contribution in [-0.4, -0.2) is 19.6 Å². The van der Waals surface area contributed by atoms with Crippen molar-refractivity contribution >= 4 is 22.4 Å². The van der Waals surface area contributed by atoms with Crippen LogP contribution in [0.1, 0.15) is 29.8 Å². The third-order valence-corrected chi connectivity index (χ3v) is 5.67. The molecule has 2 N–H and O–H groups in total. The first-order chi connectivity index (χ1) is 16.2. The van der Waals surface area contributed by atoms with Gasteiger partial charge in [0.2, 0.25) is 0 Å². The van der Waals surface area contributed by atoms with Crippen LogP contribution in [0.15, 0.2) is 65.6 Å². The van der Waals surface area contributed by atoms with Crippen LogP contribution in [0.4, 0.5) is 24.5 Å². The van der Waals surface area contributed by atoms with Gasteiger partial charge in [-0.3, -0.25) is 14.3 Å². The molecule has 4 aromatic rings. The summed E-state index contributed by atoms with van der Waals surface area (Å²) < 4.78 is 41.4. The van der Waals surface area contributed by atoms with Gasteiger partial charge in [-0.15, -0.1) is 0 Å². The molecule has 0 atom stereocenters. The molecule has 10 heteroatoms. The number of hydrogen-bond acceptors (Lipinski definition) is 6. The Hall–Kier alpha value is -4.23. The molecule has 5 rings (SSSR count). The minimum Gasteiger partial charge on any atom is -0.384 e. The van der Waals surface area contributed by atoms with Crippen molar-refractivity contribution in [1.82, 2.24) is 14.5 Å². The van der Waals surface area contributed by atoms with Crippen LogP contribution >= 0.6 is 0 Å². The van der Waals surface area contributed by atoms with Crippen molar-refractivity contribution in [3.63, 3.8) is 0 Å². The molecule has 1 aliphatic carbocycles. The number of benzene rings is 1. The summed E-state index contributed by atoms with van der Waals surface area (Å²) >= 11 is 0. The molecule has 1 aliphatic rings. The zero-order valence-corrected chi connectivity index (χ0v) is 17.5. The monoisotopic (exact) mass is 463 g/mol. The van der Waals surface area contributed by atoms with Crippen LogP contribution in [0.3, 0.4) is 0 Å². The highest BCUT2D eigenvalue weighted by Gasteiger charge is 2.43. The van der Waals surface area contributed by atoms with Gasteiger partial charge in [-0.2, -0.15) is 18.4 Å². The van der Waals surface area contributed by atoms with Crippen molar-refractivity contribution in [2.75, 3.05) is 5.32 Å². The van der Waals surface area contributed by atoms with Crippen LogP contribution in [0.5, 0.6) is 0 Å². The van der Waals surface area contributed by atoms with Crippen LogP contribution in [0, 0.1) is 11.3 Å². The van der Waals surface area contributed by atoms with E-state index < -0.39 is 23.0 Å². The molecular weight excluding hydrogens is 447 g/mol. The van der Waals surface area contributed by atoms with E-state index in [4.69, 9.17) is 0 Å². The number of hydrogen-bond donors (Lipinski definition) is 2. The summed E-state index contributed by atoms with van der Waals surface area (Å²) in [5, 5.41) is 23.3. The van der Waals surface area contributed by atoms with E-state index in [1.54, 1.807) is 42.5 Å². The number of nitrogens with zero attached hydrogens (tertiary/aromatic N) is 4. The Balaban J connectivity index is 1.78. The Morgan fingerprint density at radius 3 is 2.50 bits per heavy atom. The van der Waals surface area contributed by atoms with Crippen molar-refractivity contribution in [1.29, 1.82) is 5.26 Å². The molecule has 0 saturated heterocycles. The minimum atomic E-state index is -4.73. The Bertz CT molecular complexity index is 1520. The Kier molecular flexibility index (Phi) is 4.88. The molecule has 7 nitrogen and oxygen atoms in total. The van der Waals surface area contributed by atoms with E-state index in [0.29, 0.717) is 24.2 Å². The average molecular weight is 463 g/mol. The third kappa shape index (κ3) is 3.66. The molecule has 0 radical (unpaired) electrons. The Labute approximate surface area is 190 Å². The lowest BCUT2D eigenvalue weighted by atomic mass is 10.1. The van der Waals surface area contributed by atoms with Crippen LogP contribution in [-0.2, 0) is 11.8 Å². The molecule has 1 aromatic carbocycles. The highest BCUT2D eigenvalue weighted by atomic mass is 19.4. The van der Waals surface area contributed by atoms with E-state index in [0.717, 1.165) is 10.6 Å². The first kappa shape index (κ1) is 21.6. The fraction of sp³-hybridized carbons (Fsp3) is 0.167. The van der Waals surface area contributed by atoms with E-state index in [-0.39, 0.29) is 28.0 Å². The number of para-hydroxylation sites is 1. The smallest absolute Gasteiger partial charge is 0.384 e. The van der Waals surface area contributed by atoms with Gasteiger partial charge in [0, 0.05) is 17.3 Å². The molecule has 3 heterocycles. The second kappa shape index (κ2) is 7.67. The van der Waals surface area contributed by atoms with Crippen molar-refractivity contribution in [2.24, 2.45) is 0 Å². The molecule has 34 heavy (non-hydrogen) atoms. The first-order valence-corrected chi connectivity index (χ1v) is 10.3. The lowest BCUT2D eigenvalue weighted by Gasteiger charge is -2.18. The van der Waals surface area contributed by atoms with E-state index in [1.165, 1.54) is 12.3 Å². The van der Waals surface area contributed by atoms with Gasteiger partial charge in [0.05, 0.1) is 17.1 Å². The summed E-state index contributed by atoms with van der Waals surface area (Å²) in [5.41, 5.74) is -2.39. The first-order valence-electron chi connectivity index (χ1n) is 10.3. The summed E-state index contributed by atoms with van der Waals surface area (Å²) in [4.78, 5) is 21.3. The zero-order valence-electron chi connectivity index (χ0n) is 17.5. The number of anilines is 2. The van der Waals surface area contributed by atoms with Crippen molar-refractivity contribution in [3.05, 3.63) is 88.1 Å². The lowest BCUT2D eigenvalue weighted by Crippen LogP contribution is -2.24. The highest BCUT2D eigenvalue weighted by Crippen LogP contribution is 2.45. The van der Waals surface area contributed by atoms with Crippen LogP contribution in [0.25, 0.3) is 16.7 Å². The maximum absolute atomic E-state index is 13.5. The van der Waals surface area contributed by atoms with E-state index in [9.17, 15) is 28.3 Å². The molecule has 0 aliphatic heterocycles. The van der Waals surface area contributed by atoms with Gasteiger partial charge in [-0.25, -0.2) is 4.98 Å². The number of rotatable bonds is 4. The van der Waals surface area contributed by atoms with Gasteiger partial charge in [-0.1, -0.05) is 18.2 Å². The number of nitrogens with one attached hydrogen (secondary N) is 1. The SMILES string of the molecule is N#Cc1c(Nc2ccnc(C3(O)CC3)c2)c2ccc(C(F)(F)F)nc2n(-c2ccccc2)c1=O.